The quantitative estimate of drug-likeness (QED) is 0.113. The molecule has 1 atom stereocenters. The van der Waals surface area contributed by atoms with Crippen molar-refractivity contribution in [3.63, 3.8) is 0 Å². The molecular weight excluding hydrogens is 1350 g/mol. The van der Waals surface area contributed by atoms with Gasteiger partial charge in [-0.1, -0.05) is 378 Å². The minimum atomic E-state index is -0.373. The molecule has 0 amide bonds. The lowest BCUT2D eigenvalue weighted by Gasteiger charge is -2.47. The highest BCUT2D eigenvalue weighted by Crippen LogP contribution is 2.56. The standard InChI is InChI=1S/C107H89BN4/c1-105(2,3)79-58-61-84(71-38-18-10-19-39-71)103(89(64-79)72-40-20-11-21-41-72)111-94-69-82(109-99(75-46-26-14-27-47-75)85-54-34-35-55-86(85)100(109)76-48-28-15-29-49-76)59-62-92(94)108-93-63-60-83(110-101(77-50-30-16-31-51-77)87-56-36-37-57-88(87)102(110)78-52-32-17-33-53-78)70-95(93)112(97-68-81(107(7,8)9)67-96(111)98(97)108)104-90(73-42-22-12-23-43-73)65-80(106(4,5)6)66-91(104)74-44-24-13-25-45-74/h10-70,84H,1-9H3. The Kier molecular flexibility index (Phi) is 17.1. The molecule has 112 heavy (non-hydrogen) atoms. The van der Waals surface area contributed by atoms with Gasteiger partial charge in [-0.3, -0.25) is 0 Å². The normalized spacial score (nSPS) is 14.1. The van der Waals surface area contributed by atoms with Crippen molar-refractivity contribution in [1.29, 1.82) is 0 Å². The maximum Gasteiger partial charge on any atom is 0.252 e. The summed E-state index contributed by atoms with van der Waals surface area (Å²) in [5.41, 5.74) is 32.8. The Morgan fingerprint density at radius 1 is 0.295 bits per heavy atom. The Hall–Kier alpha value is -13.0. The predicted octanol–water partition coefficient (Wildman–Crippen LogP) is 26.7. The average Bonchev–Trinajstić information content (AvgIpc) is 1.10. The van der Waals surface area contributed by atoms with E-state index in [-0.39, 0.29) is 28.9 Å². The molecule has 540 valence electrons. The number of allylic oxidation sites excluding steroid dienone is 5. The van der Waals surface area contributed by atoms with Crippen molar-refractivity contribution < 1.29 is 0 Å². The number of anilines is 5. The maximum atomic E-state index is 2.78. The number of rotatable bonds is 12. The van der Waals surface area contributed by atoms with E-state index >= 15 is 0 Å². The van der Waals surface area contributed by atoms with Gasteiger partial charge in [-0.25, -0.2) is 0 Å². The largest absolute Gasteiger partial charge is 0.314 e. The van der Waals surface area contributed by atoms with Crippen LogP contribution < -0.4 is 26.2 Å². The lowest BCUT2D eigenvalue weighted by Crippen LogP contribution is -2.62. The monoisotopic (exact) mass is 1440 g/mol. The summed E-state index contributed by atoms with van der Waals surface area (Å²) in [4.78, 5) is 5.53. The zero-order valence-electron chi connectivity index (χ0n) is 65.2. The number of hydrogen-bond donors (Lipinski definition) is 0. The zero-order chi connectivity index (χ0) is 76.2. The first-order valence-corrected chi connectivity index (χ1v) is 39.6. The van der Waals surface area contributed by atoms with Crippen molar-refractivity contribution in [3.8, 4) is 78.7 Å². The van der Waals surface area contributed by atoms with Crippen molar-refractivity contribution in [1.82, 2.24) is 9.13 Å². The van der Waals surface area contributed by atoms with E-state index in [1.54, 1.807) is 0 Å². The molecule has 3 aliphatic rings. The van der Waals surface area contributed by atoms with Gasteiger partial charge in [0.1, 0.15) is 0 Å². The Balaban J connectivity index is 1.02. The number of nitrogens with zero attached hydrogens (tertiary/aromatic N) is 4. The van der Waals surface area contributed by atoms with Crippen LogP contribution in [-0.2, 0) is 10.8 Å². The highest BCUT2D eigenvalue weighted by atomic mass is 15.2. The van der Waals surface area contributed by atoms with Gasteiger partial charge >= 0.3 is 0 Å². The number of fused-ring (bicyclic) bond motifs is 6. The minimum Gasteiger partial charge on any atom is -0.314 e. The molecule has 14 aromatic carbocycles. The summed E-state index contributed by atoms with van der Waals surface area (Å²) in [5, 5.41) is 4.77. The maximum absolute atomic E-state index is 2.78. The lowest BCUT2D eigenvalue weighted by atomic mass is 9.33. The number of hydrogen-bond acceptors (Lipinski definition) is 2. The van der Waals surface area contributed by atoms with Gasteiger partial charge in [-0.2, -0.15) is 0 Å². The fourth-order valence-electron chi connectivity index (χ4n) is 17.9. The molecule has 0 N–H and O–H groups in total. The van der Waals surface area contributed by atoms with Crippen molar-refractivity contribution in [2.75, 3.05) is 9.80 Å². The molecule has 1 aliphatic carbocycles. The van der Waals surface area contributed by atoms with Crippen molar-refractivity contribution in [2.24, 2.45) is 5.41 Å². The Morgan fingerprint density at radius 2 is 0.625 bits per heavy atom. The van der Waals surface area contributed by atoms with Crippen LogP contribution in [0.3, 0.4) is 0 Å². The molecule has 4 nitrogen and oxygen atoms in total. The third-order valence-corrected chi connectivity index (χ3v) is 23.4. The van der Waals surface area contributed by atoms with Gasteiger partial charge in [0.05, 0.1) is 28.5 Å². The van der Waals surface area contributed by atoms with Gasteiger partial charge in [0, 0.05) is 84.0 Å². The molecule has 16 aromatic rings. The zero-order valence-corrected chi connectivity index (χ0v) is 65.2. The molecule has 0 fully saturated rings. The molecule has 0 saturated heterocycles. The summed E-state index contributed by atoms with van der Waals surface area (Å²) in [6.07, 6.45) is 7.49. The molecule has 1 unspecified atom stereocenters. The van der Waals surface area contributed by atoms with E-state index in [1.165, 1.54) is 71.5 Å². The van der Waals surface area contributed by atoms with Crippen LogP contribution in [0, 0.1) is 5.41 Å². The van der Waals surface area contributed by atoms with Crippen LogP contribution in [0.1, 0.15) is 90.5 Å². The van der Waals surface area contributed by atoms with Crippen LogP contribution >= 0.6 is 0 Å². The molecule has 2 aliphatic heterocycles. The van der Waals surface area contributed by atoms with Gasteiger partial charge in [0.15, 0.2) is 0 Å². The van der Waals surface area contributed by atoms with E-state index in [1.807, 2.05) is 0 Å². The van der Waals surface area contributed by atoms with E-state index in [0.717, 1.165) is 113 Å². The summed E-state index contributed by atoms with van der Waals surface area (Å²) >= 11 is 0. The van der Waals surface area contributed by atoms with Crippen LogP contribution in [0.25, 0.3) is 106 Å². The number of benzene rings is 14. The van der Waals surface area contributed by atoms with Crippen LogP contribution in [0.5, 0.6) is 0 Å². The fourth-order valence-corrected chi connectivity index (χ4v) is 17.9. The van der Waals surface area contributed by atoms with Crippen LogP contribution in [0.4, 0.5) is 28.4 Å². The molecule has 2 aromatic heterocycles. The first kappa shape index (κ1) is 69.5. The Morgan fingerprint density at radius 3 is 1.00 bits per heavy atom. The summed E-state index contributed by atoms with van der Waals surface area (Å²) in [5.74, 6) is -0.244. The minimum absolute atomic E-state index is 0.218. The molecule has 0 bridgehead atoms. The topological polar surface area (TPSA) is 16.3 Å². The predicted molar refractivity (Wildman–Crippen MR) is 477 cm³/mol. The first-order valence-electron chi connectivity index (χ1n) is 39.6. The number of aromatic nitrogens is 2. The summed E-state index contributed by atoms with van der Waals surface area (Å²) in [6, 6.07) is 133. The van der Waals surface area contributed by atoms with Crippen LogP contribution in [0.2, 0.25) is 0 Å². The van der Waals surface area contributed by atoms with E-state index in [4.69, 9.17) is 0 Å². The second-order valence-corrected chi connectivity index (χ2v) is 33.6. The Bertz CT molecular complexity index is 6170. The third-order valence-electron chi connectivity index (χ3n) is 23.4. The van der Waals surface area contributed by atoms with Crippen molar-refractivity contribution in [3.05, 3.63) is 404 Å². The highest BCUT2D eigenvalue weighted by Gasteiger charge is 2.48. The van der Waals surface area contributed by atoms with E-state index in [9.17, 15) is 0 Å². The van der Waals surface area contributed by atoms with Gasteiger partial charge in [-0.05, 0) is 148 Å². The summed E-state index contributed by atoms with van der Waals surface area (Å²) in [6.45, 7) is 21.1. The molecule has 4 heterocycles. The second kappa shape index (κ2) is 27.6. The summed E-state index contributed by atoms with van der Waals surface area (Å²) < 4.78 is 5.17. The average molecular weight is 1440 g/mol. The SMILES string of the molecule is CC(C)(C)C1=CC(c2ccccc2)=C(N2c3cc(-n4c(-c5ccccc5)c5ccccc5c4-c4ccccc4)ccc3B3c4ccc(-n5c(-c6ccccc6)c6ccccc6c5-c5ccccc5)cc4N(c4c(-c5ccccc5)cc(C(C)(C)C)cc4-c4ccccc4)c4cc(C(C)(C)C)cc2c43)C(c2ccccc2)C=C1. The smallest absolute Gasteiger partial charge is 0.252 e. The van der Waals surface area contributed by atoms with E-state index < -0.39 is 0 Å². The lowest BCUT2D eigenvalue weighted by molar-refractivity contribution is 0.517. The van der Waals surface area contributed by atoms with Crippen LogP contribution in [-0.4, -0.2) is 15.8 Å². The Labute approximate surface area is 660 Å². The van der Waals surface area contributed by atoms with Gasteiger partial charge in [-0.15, -0.1) is 0 Å². The van der Waals surface area contributed by atoms with Crippen molar-refractivity contribution in [2.45, 2.75) is 79.1 Å². The van der Waals surface area contributed by atoms with E-state index in [0.29, 0.717) is 0 Å². The molecule has 0 spiro atoms. The van der Waals surface area contributed by atoms with E-state index in [2.05, 4.69) is 451 Å². The fraction of sp³-hybridized carbons (Fsp3) is 0.121. The molecule has 0 radical (unpaired) electrons. The van der Waals surface area contributed by atoms with Gasteiger partial charge in [0.25, 0.3) is 6.71 Å². The van der Waals surface area contributed by atoms with Gasteiger partial charge < -0.3 is 18.9 Å². The van der Waals surface area contributed by atoms with Gasteiger partial charge in [0.2, 0.25) is 0 Å². The second-order valence-electron chi connectivity index (χ2n) is 33.6. The van der Waals surface area contributed by atoms with Crippen LogP contribution in [0.15, 0.2) is 381 Å². The first-order chi connectivity index (χ1) is 54.5. The molecule has 0 saturated carbocycles. The molecule has 19 rings (SSSR count). The summed E-state index contributed by atoms with van der Waals surface area (Å²) in [7, 11) is 0. The molecule has 5 heteroatoms. The van der Waals surface area contributed by atoms with Crippen molar-refractivity contribution >= 4 is 78.7 Å². The highest BCUT2D eigenvalue weighted by molar-refractivity contribution is 7.00. The third kappa shape index (κ3) is 11.9. The molecular formula is C107H89BN4.